The highest BCUT2D eigenvalue weighted by atomic mass is 16.5. The number of ether oxygens (including phenoxy) is 2. The number of hydrogen-bond donors (Lipinski definition) is 1. The fraction of sp³-hybridized carbons (Fsp3) is 0.190. The number of fused-ring (bicyclic) bond motifs is 1. The Hall–Kier alpha value is -3.25. The van der Waals surface area contributed by atoms with Crippen LogP contribution < -0.4 is 5.32 Å². The average molecular weight is 360 g/mol. The number of rotatable bonds is 5. The summed E-state index contributed by atoms with van der Waals surface area (Å²) in [5, 5.41) is 3.44. The molecule has 0 fully saturated rings. The third kappa shape index (κ3) is 3.80. The molecular weight excluding hydrogens is 340 g/mol. The van der Waals surface area contributed by atoms with Gasteiger partial charge in [-0.25, -0.2) is 4.98 Å². The minimum atomic E-state index is -0.00937. The van der Waals surface area contributed by atoms with Crippen molar-refractivity contribution in [2.45, 2.75) is 12.5 Å². The van der Waals surface area contributed by atoms with E-state index in [-0.39, 0.29) is 6.10 Å². The minimum absolute atomic E-state index is 0.00937. The molecule has 1 atom stereocenters. The number of nitrogens with one attached hydrogen (secondary N) is 1. The maximum atomic E-state index is 5.46. The summed E-state index contributed by atoms with van der Waals surface area (Å²) in [6, 6.07) is 9.81. The van der Waals surface area contributed by atoms with Crippen LogP contribution in [0.1, 0.15) is 6.42 Å². The maximum Gasteiger partial charge on any atom is 0.119 e. The van der Waals surface area contributed by atoms with Gasteiger partial charge < -0.3 is 14.8 Å². The van der Waals surface area contributed by atoms with Crippen molar-refractivity contribution in [2.24, 2.45) is 0 Å². The van der Waals surface area contributed by atoms with Crippen LogP contribution in [0.15, 0.2) is 72.5 Å². The van der Waals surface area contributed by atoms with Crippen molar-refractivity contribution >= 4 is 16.7 Å². The van der Waals surface area contributed by atoms with Gasteiger partial charge in [0.15, 0.2) is 0 Å². The van der Waals surface area contributed by atoms with E-state index in [9.17, 15) is 0 Å². The lowest BCUT2D eigenvalue weighted by Gasteiger charge is -2.21. The molecule has 4 rings (SSSR count). The third-order valence-corrected chi connectivity index (χ3v) is 4.43. The smallest absolute Gasteiger partial charge is 0.119 e. The highest BCUT2D eigenvalue weighted by Gasteiger charge is 2.15. The third-order valence-electron chi connectivity index (χ3n) is 4.43. The van der Waals surface area contributed by atoms with E-state index in [1.807, 2.05) is 42.5 Å². The Morgan fingerprint density at radius 2 is 2.04 bits per heavy atom. The van der Waals surface area contributed by atoms with Crippen molar-refractivity contribution in [2.75, 3.05) is 19.5 Å². The number of hydrogen-bond acceptors (Lipinski definition) is 6. The number of methoxy groups -OCH3 is 2. The number of allylic oxidation sites excluding steroid dienone is 1. The first-order valence-electron chi connectivity index (χ1n) is 8.68. The Morgan fingerprint density at radius 3 is 2.81 bits per heavy atom. The molecule has 0 bridgehead atoms. The summed E-state index contributed by atoms with van der Waals surface area (Å²) in [4.78, 5) is 13.4. The van der Waals surface area contributed by atoms with E-state index in [1.54, 1.807) is 32.8 Å². The van der Waals surface area contributed by atoms with E-state index >= 15 is 0 Å². The molecule has 0 amide bonds. The van der Waals surface area contributed by atoms with Gasteiger partial charge >= 0.3 is 0 Å². The average Bonchev–Trinajstić information content (AvgIpc) is 2.73. The lowest BCUT2D eigenvalue weighted by Crippen LogP contribution is -2.17. The first kappa shape index (κ1) is 17.2. The number of benzene rings is 1. The lowest BCUT2D eigenvalue weighted by molar-refractivity contribution is 0.134. The SMILES string of the molecule is COC1=CC(OC)CC(Nc2ccc3ncc(-c4cccnc4)nc3c2)=C1. The summed E-state index contributed by atoms with van der Waals surface area (Å²) in [6.45, 7) is 0. The Morgan fingerprint density at radius 1 is 1.11 bits per heavy atom. The van der Waals surface area contributed by atoms with Crippen LogP contribution in [0.2, 0.25) is 0 Å². The molecule has 0 spiro atoms. The van der Waals surface area contributed by atoms with E-state index in [1.165, 1.54) is 0 Å². The summed E-state index contributed by atoms with van der Waals surface area (Å²) in [5.41, 5.74) is 5.38. The Kier molecular flexibility index (Phi) is 4.80. The topological polar surface area (TPSA) is 69.2 Å². The fourth-order valence-corrected chi connectivity index (χ4v) is 3.03. The summed E-state index contributed by atoms with van der Waals surface area (Å²) >= 11 is 0. The molecule has 1 N–H and O–H groups in total. The van der Waals surface area contributed by atoms with Gasteiger partial charge in [-0.05, 0) is 42.5 Å². The van der Waals surface area contributed by atoms with Crippen molar-refractivity contribution < 1.29 is 9.47 Å². The molecular formula is C21H20N4O2. The maximum absolute atomic E-state index is 5.46. The van der Waals surface area contributed by atoms with Gasteiger partial charge in [-0.1, -0.05) is 0 Å². The molecule has 1 aromatic carbocycles. The first-order chi connectivity index (χ1) is 13.2. The van der Waals surface area contributed by atoms with Crippen LogP contribution in [0, 0.1) is 0 Å². The summed E-state index contributed by atoms with van der Waals surface area (Å²) in [6.07, 6.45) is 10.00. The Bertz CT molecular complexity index is 1020. The molecule has 27 heavy (non-hydrogen) atoms. The molecule has 6 nitrogen and oxygen atoms in total. The van der Waals surface area contributed by atoms with Crippen molar-refractivity contribution in [3.63, 3.8) is 0 Å². The van der Waals surface area contributed by atoms with Gasteiger partial charge in [-0.3, -0.25) is 9.97 Å². The zero-order chi connectivity index (χ0) is 18.6. The minimum Gasteiger partial charge on any atom is -0.497 e. The van der Waals surface area contributed by atoms with Gasteiger partial charge in [0.05, 0.1) is 36.1 Å². The number of anilines is 1. The lowest BCUT2D eigenvalue weighted by atomic mass is 10.1. The number of nitrogens with zero attached hydrogens (tertiary/aromatic N) is 3. The zero-order valence-electron chi connectivity index (χ0n) is 15.2. The van der Waals surface area contributed by atoms with Gasteiger partial charge in [-0.15, -0.1) is 0 Å². The molecule has 3 aromatic rings. The van der Waals surface area contributed by atoms with Crippen LogP contribution in [0.3, 0.4) is 0 Å². The highest BCUT2D eigenvalue weighted by molar-refractivity contribution is 5.81. The predicted octanol–water partition coefficient (Wildman–Crippen LogP) is 3.94. The van der Waals surface area contributed by atoms with E-state index in [2.05, 4.69) is 15.3 Å². The van der Waals surface area contributed by atoms with E-state index in [4.69, 9.17) is 14.5 Å². The molecule has 136 valence electrons. The molecule has 2 aromatic heterocycles. The summed E-state index contributed by atoms with van der Waals surface area (Å²) < 4.78 is 10.8. The molecule has 0 saturated carbocycles. The van der Waals surface area contributed by atoms with Gasteiger partial charge in [0.25, 0.3) is 0 Å². The predicted molar refractivity (Wildman–Crippen MR) is 105 cm³/mol. The monoisotopic (exact) mass is 360 g/mol. The van der Waals surface area contributed by atoms with Crippen molar-refractivity contribution in [3.05, 3.63) is 72.5 Å². The van der Waals surface area contributed by atoms with Gasteiger partial charge in [0, 0.05) is 42.9 Å². The van der Waals surface area contributed by atoms with E-state index in [0.717, 1.165) is 45.9 Å². The first-order valence-corrected chi connectivity index (χ1v) is 8.68. The Balaban J connectivity index is 1.63. The van der Waals surface area contributed by atoms with Gasteiger partial charge in [0.1, 0.15) is 5.76 Å². The zero-order valence-corrected chi connectivity index (χ0v) is 15.2. The van der Waals surface area contributed by atoms with Crippen molar-refractivity contribution in [1.82, 2.24) is 15.0 Å². The van der Waals surface area contributed by atoms with Crippen LogP contribution >= 0.6 is 0 Å². The second-order valence-electron chi connectivity index (χ2n) is 6.25. The Labute approximate surface area is 157 Å². The summed E-state index contributed by atoms with van der Waals surface area (Å²) in [5.74, 6) is 0.787. The molecule has 0 saturated heterocycles. The van der Waals surface area contributed by atoms with Crippen LogP contribution in [-0.4, -0.2) is 35.3 Å². The van der Waals surface area contributed by atoms with Crippen molar-refractivity contribution in [1.29, 1.82) is 0 Å². The van der Waals surface area contributed by atoms with Crippen LogP contribution in [0.4, 0.5) is 5.69 Å². The normalized spacial score (nSPS) is 16.6. The largest absolute Gasteiger partial charge is 0.497 e. The van der Waals surface area contributed by atoms with Crippen molar-refractivity contribution in [3.8, 4) is 11.3 Å². The van der Waals surface area contributed by atoms with E-state index in [0.29, 0.717) is 0 Å². The van der Waals surface area contributed by atoms with Crippen LogP contribution in [0.25, 0.3) is 22.3 Å². The molecule has 1 aliphatic carbocycles. The molecule has 0 radical (unpaired) electrons. The van der Waals surface area contributed by atoms with Gasteiger partial charge in [0.2, 0.25) is 0 Å². The molecule has 1 unspecified atom stereocenters. The van der Waals surface area contributed by atoms with Crippen LogP contribution in [-0.2, 0) is 9.47 Å². The standard InChI is InChI=1S/C21H20N4O2/c1-26-17-8-16(9-18(11-17)27-2)24-15-5-6-19-20(10-15)25-21(13-23-19)14-4-3-7-22-12-14/h3-8,10-13,18,24H,9H2,1-2H3. The number of aromatic nitrogens is 3. The second-order valence-corrected chi connectivity index (χ2v) is 6.25. The van der Waals surface area contributed by atoms with Gasteiger partial charge in [-0.2, -0.15) is 0 Å². The molecule has 2 heterocycles. The van der Waals surface area contributed by atoms with Crippen LogP contribution in [0.5, 0.6) is 0 Å². The molecule has 1 aliphatic rings. The molecule has 6 heteroatoms. The molecule has 0 aliphatic heterocycles. The quantitative estimate of drug-likeness (QED) is 0.743. The van der Waals surface area contributed by atoms with E-state index < -0.39 is 0 Å². The summed E-state index contributed by atoms with van der Waals surface area (Å²) in [7, 11) is 3.35. The fourth-order valence-electron chi connectivity index (χ4n) is 3.03. The number of pyridine rings is 1. The highest BCUT2D eigenvalue weighted by Crippen LogP contribution is 2.25. The second kappa shape index (κ2) is 7.55.